The van der Waals surface area contributed by atoms with Gasteiger partial charge >= 0.3 is 0 Å². The smallest absolute Gasteiger partial charge is 0.186 e. The fourth-order valence-corrected chi connectivity index (χ4v) is 2.69. The number of thiophene rings is 1. The van der Waals surface area contributed by atoms with Crippen molar-refractivity contribution in [1.29, 1.82) is 0 Å². The van der Waals surface area contributed by atoms with Gasteiger partial charge in [0.15, 0.2) is 5.78 Å². The first-order valence-corrected chi connectivity index (χ1v) is 6.79. The molecule has 0 bridgehead atoms. The maximum atomic E-state index is 11.9. The average Bonchev–Trinajstić information content (AvgIpc) is 2.64. The highest BCUT2D eigenvalue weighted by Gasteiger charge is 2.16. The molecule has 0 saturated heterocycles. The van der Waals surface area contributed by atoms with Gasteiger partial charge in [-0.2, -0.15) is 0 Å². The zero-order chi connectivity index (χ0) is 12.1. The van der Waals surface area contributed by atoms with Crippen molar-refractivity contribution in [1.82, 2.24) is 4.90 Å². The van der Waals surface area contributed by atoms with Crippen molar-refractivity contribution in [2.75, 3.05) is 19.7 Å². The topological polar surface area (TPSA) is 40.5 Å². The Bertz CT molecular complexity index is 352. The van der Waals surface area contributed by atoms with Crippen molar-refractivity contribution in [2.45, 2.75) is 19.9 Å². The van der Waals surface area contributed by atoms with Crippen LogP contribution in [0.1, 0.15) is 23.5 Å². The molecule has 16 heavy (non-hydrogen) atoms. The van der Waals surface area contributed by atoms with E-state index in [1.54, 1.807) is 0 Å². The summed E-state index contributed by atoms with van der Waals surface area (Å²) in [5.41, 5.74) is 0. The number of aliphatic hydroxyl groups excluding tert-OH is 1. The van der Waals surface area contributed by atoms with Crippen LogP contribution < -0.4 is 0 Å². The Morgan fingerprint density at radius 3 is 2.69 bits per heavy atom. The molecule has 1 rings (SSSR count). The summed E-state index contributed by atoms with van der Waals surface area (Å²) in [5.74, 6) is 0.109. The minimum atomic E-state index is 0.0829. The highest BCUT2D eigenvalue weighted by molar-refractivity contribution is 9.11. The van der Waals surface area contributed by atoms with Crippen LogP contribution >= 0.6 is 27.3 Å². The van der Waals surface area contributed by atoms with Crippen LogP contribution in [0.2, 0.25) is 0 Å². The van der Waals surface area contributed by atoms with Crippen LogP contribution in [-0.4, -0.2) is 41.5 Å². The zero-order valence-corrected chi connectivity index (χ0v) is 11.8. The summed E-state index contributed by atoms with van der Waals surface area (Å²) in [4.78, 5) is 14.6. The van der Waals surface area contributed by atoms with Crippen LogP contribution in [0.4, 0.5) is 0 Å². The molecular formula is C11H16BrNO2S. The molecule has 0 radical (unpaired) electrons. The normalized spacial score (nSPS) is 11.4. The number of ketones is 1. The fraction of sp³-hybridized carbons (Fsp3) is 0.545. The molecule has 1 N–H and O–H groups in total. The molecule has 0 fully saturated rings. The number of rotatable bonds is 6. The van der Waals surface area contributed by atoms with Gasteiger partial charge in [-0.15, -0.1) is 11.3 Å². The molecular weight excluding hydrogens is 290 g/mol. The standard InChI is InChI=1S/C11H16BrNO2S/c1-8(2)13(5-6-14)7-9(15)10-3-4-11(12)16-10/h3-4,8,14H,5-7H2,1-2H3. The van der Waals surface area contributed by atoms with Crippen LogP contribution in [0, 0.1) is 0 Å². The third-order valence-corrected chi connectivity index (χ3v) is 3.98. The van der Waals surface area contributed by atoms with Gasteiger partial charge in [0.25, 0.3) is 0 Å². The van der Waals surface area contributed by atoms with Crippen LogP contribution in [0.3, 0.4) is 0 Å². The molecule has 0 spiro atoms. The number of hydrogen-bond acceptors (Lipinski definition) is 4. The van der Waals surface area contributed by atoms with Gasteiger partial charge in [-0.1, -0.05) is 0 Å². The van der Waals surface area contributed by atoms with Gasteiger partial charge in [-0.25, -0.2) is 0 Å². The van der Waals surface area contributed by atoms with Gasteiger partial charge in [-0.3, -0.25) is 9.69 Å². The van der Waals surface area contributed by atoms with Crippen molar-refractivity contribution in [2.24, 2.45) is 0 Å². The van der Waals surface area contributed by atoms with E-state index in [0.717, 1.165) is 8.66 Å². The SMILES string of the molecule is CC(C)N(CCO)CC(=O)c1ccc(Br)s1. The maximum absolute atomic E-state index is 11.9. The monoisotopic (exact) mass is 305 g/mol. The van der Waals surface area contributed by atoms with E-state index in [0.29, 0.717) is 13.1 Å². The molecule has 0 aliphatic rings. The third-order valence-electron chi connectivity index (χ3n) is 2.31. The van der Waals surface area contributed by atoms with E-state index in [1.165, 1.54) is 11.3 Å². The Morgan fingerprint density at radius 1 is 1.56 bits per heavy atom. The summed E-state index contributed by atoms with van der Waals surface area (Å²) in [6.45, 7) is 5.03. The van der Waals surface area contributed by atoms with Crippen molar-refractivity contribution in [3.8, 4) is 0 Å². The lowest BCUT2D eigenvalue weighted by atomic mass is 10.2. The lowest BCUT2D eigenvalue weighted by molar-refractivity contribution is 0.0885. The second-order valence-corrected chi connectivity index (χ2v) is 6.28. The molecule has 1 aromatic rings. The Morgan fingerprint density at radius 2 is 2.25 bits per heavy atom. The summed E-state index contributed by atoms with van der Waals surface area (Å²) >= 11 is 4.78. The number of hydrogen-bond donors (Lipinski definition) is 1. The molecule has 1 heterocycles. The van der Waals surface area contributed by atoms with E-state index in [2.05, 4.69) is 15.9 Å². The maximum Gasteiger partial charge on any atom is 0.186 e. The van der Waals surface area contributed by atoms with E-state index in [9.17, 15) is 4.79 Å². The summed E-state index contributed by atoms with van der Waals surface area (Å²) in [6.07, 6.45) is 0. The highest BCUT2D eigenvalue weighted by Crippen LogP contribution is 2.22. The third kappa shape index (κ3) is 3.97. The molecule has 90 valence electrons. The molecule has 0 atom stereocenters. The van der Waals surface area contributed by atoms with Gasteiger partial charge in [0.2, 0.25) is 0 Å². The van der Waals surface area contributed by atoms with E-state index in [1.807, 2.05) is 30.9 Å². The van der Waals surface area contributed by atoms with E-state index in [4.69, 9.17) is 5.11 Å². The molecule has 0 aliphatic heterocycles. The second-order valence-electron chi connectivity index (χ2n) is 3.81. The van der Waals surface area contributed by atoms with Crippen molar-refractivity contribution < 1.29 is 9.90 Å². The van der Waals surface area contributed by atoms with Crippen LogP contribution in [0.15, 0.2) is 15.9 Å². The molecule has 1 aromatic heterocycles. The molecule has 0 aliphatic carbocycles. The summed E-state index contributed by atoms with van der Waals surface area (Å²) in [6, 6.07) is 3.97. The van der Waals surface area contributed by atoms with Gasteiger partial charge in [0.05, 0.1) is 21.8 Å². The van der Waals surface area contributed by atoms with Gasteiger partial charge in [0, 0.05) is 12.6 Å². The van der Waals surface area contributed by atoms with Crippen molar-refractivity contribution in [3.05, 3.63) is 20.8 Å². The first kappa shape index (κ1) is 13.8. The molecule has 0 aromatic carbocycles. The number of carbonyl (C=O) groups is 1. The lowest BCUT2D eigenvalue weighted by Crippen LogP contribution is -2.37. The Balaban J connectivity index is 2.61. The predicted molar refractivity (Wildman–Crippen MR) is 70.1 cm³/mol. The van der Waals surface area contributed by atoms with Gasteiger partial charge in [-0.05, 0) is 41.9 Å². The average molecular weight is 306 g/mol. The Kier molecular flexibility index (Phi) is 5.61. The van der Waals surface area contributed by atoms with Crippen molar-refractivity contribution >= 4 is 33.0 Å². The van der Waals surface area contributed by atoms with Crippen LogP contribution in [0.5, 0.6) is 0 Å². The van der Waals surface area contributed by atoms with E-state index in [-0.39, 0.29) is 18.4 Å². The summed E-state index contributed by atoms with van der Waals surface area (Å²) < 4.78 is 0.967. The number of aliphatic hydroxyl groups is 1. The lowest BCUT2D eigenvalue weighted by Gasteiger charge is -2.24. The molecule has 0 unspecified atom stereocenters. The van der Waals surface area contributed by atoms with Crippen LogP contribution in [-0.2, 0) is 0 Å². The highest BCUT2D eigenvalue weighted by atomic mass is 79.9. The van der Waals surface area contributed by atoms with Gasteiger partial charge < -0.3 is 5.11 Å². The first-order valence-electron chi connectivity index (χ1n) is 5.18. The quantitative estimate of drug-likeness (QED) is 0.821. The summed E-state index contributed by atoms with van der Waals surface area (Å²) in [7, 11) is 0. The minimum Gasteiger partial charge on any atom is -0.395 e. The molecule has 5 heteroatoms. The van der Waals surface area contributed by atoms with Crippen molar-refractivity contribution in [3.63, 3.8) is 0 Å². The summed E-state index contributed by atoms with van der Waals surface area (Å²) in [5, 5.41) is 8.92. The predicted octanol–water partition coefficient (Wildman–Crippen LogP) is 2.40. The number of halogens is 1. The Labute approximate surface area is 108 Å². The largest absolute Gasteiger partial charge is 0.395 e. The van der Waals surface area contributed by atoms with E-state index >= 15 is 0 Å². The molecule has 0 amide bonds. The zero-order valence-electron chi connectivity index (χ0n) is 9.44. The second kappa shape index (κ2) is 6.49. The first-order chi connectivity index (χ1) is 7.54. The van der Waals surface area contributed by atoms with Crippen LogP contribution in [0.25, 0.3) is 0 Å². The number of nitrogens with zero attached hydrogens (tertiary/aromatic N) is 1. The Hall–Kier alpha value is -0.230. The molecule has 3 nitrogen and oxygen atoms in total. The molecule has 0 saturated carbocycles. The minimum absolute atomic E-state index is 0.0829. The number of Topliss-reactive ketones (excluding diaryl/α,β-unsaturated/α-hetero) is 1. The van der Waals surface area contributed by atoms with E-state index < -0.39 is 0 Å². The van der Waals surface area contributed by atoms with Gasteiger partial charge in [0.1, 0.15) is 0 Å². The number of carbonyl (C=O) groups excluding carboxylic acids is 1. The fourth-order valence-electron chi connectivity index (χ4n) is 1.37.